The lowest BCUT2D eigenvalue weighted by Crippen LogP contribution is -2.26. The number of benzene rings is 1. The highest BCUT2D eigenvalue weighted by atomic mass is 35.5. The Bertz CT molecular complexity index is 1400. The number of Topliss-reactive ketones (excluding diaryl/α,β-unsaturated/α-hetero) is 1. The van der Waals surface area contributed by atoms with E-state index >= 15 is 0 Å². The molecule has 1 aliphatic rings. The summed E-state index contributed by atoms with van der Waals surface area (Å²) in [5.74, 6) is -0.648. The van der Waals surface area contributed by atoms with Gasteiger partial charge in [-0.25, -0.2) is 21.6 Å². The van der Waals surface area contributed by atoms with Gasteiger partial charge >= 0.3 is 0 Å². The smallest absolute Gasteiger partial charge is 0.265 e. The third-order valence-corrected chi connectivity index (χ3v) is 8.79. The zero-order valence-corrected chi connectivity index (χ0v) is 22.6. The standard InChI is InChI=1S/C20H23ClN2O9S3/c1-23-10-12(21)20(32-23)22-35(27,28)15-6-7-33-19(15)13(24)8-11-16(34(5,25)26)9-14(29-2)18(31-4)17(11)30-3/h6-7,9,22H,8,10H2,1-5H3. The Kier molecular flexibility index (Phi) is 7.91. The van der Waals surface area contributed by atoms with Gasteiger partial charge < -0.3 is 19.0 Å². The average molecular weight is 567 g/mol. The van der Waals surface area contributed by atoms with Gasteiger partial charge in [0.15, 0.2) is 27.1 Å². The molecule has 1 N–H and O–H groups in total. The molecule has 0 fully saturated rings. The lowest BCUT2D eigenvalue weighted by Gasteiger charge is -2.18. The van der Waals surface area contributed by atoms with E-state index in [1.165, 1.54) is 43.9 Å². The third kappa shape index (κ3) is 5.51. The van der Waals surface area contributed by atoms with Crippen molar-refractivity contribution in [2.24, 2.45) is 0 Å². The van der Waals surface area contributed by atoms with Gasteiger partial charge in [-0.15, -0.1) is 16.4 Å². The Balaban J connectivity index is 2.05. The van der Waals surface area contributed by atoms with Crippen molar-refractivity contribution in [2.75, 3.05) is 41.2 Å². The Hall–Kier alpha value is -2.52. The van der Waals surface area contributed by atoms with Crippen LogP contribution >= 0.6 is 22.9 Å². The maximum absolute atomic E-state index is 13.3. The van der Waals surface area contributed by atoms with Crippen LogP contribution in [0.2, 0.25) is 0 Å². The molecule has 1 aromatic heterocycles. The minimum absolute atomic E-state index is 0.00820. The van der Waals surface area contributed by atoms with Gasteiger partial charge in [0, 0.05) is 31.4 Å². The molecule has 0 aliphatic carbocycles. The van der Waals surface area contributed by atoms with Crippen LogP contribution in [0.4, 0.5) is 0 Å². The molecule has 0 saturated heterocycles. The molecule has 1 aromatic carbocycles. The second-order valence-corrected chi connectivity index (χ2v) is 12.3. The molecule has 0 radical (unpaired) electrons. The van der Waals surface area contributed by atoms with E-state index in [-0.39, 0.29) is 54.9 Å². The summed E-state index contributed by atoms with van der Waals surface area (Å²) >= 11 is 6.92. The van der Waals surface area contributed by atoms with Crippen LogP contribution in [0, 0.1) is 0 Å². The molecule has 1 aliphatic heterocycles. The van der Waals surface area contributed by atoms with Gasteiger partial charge in [-0.3, -0.25) is 4.79 Å². The molecule has 3 rings (SSSR count). The Morgan fingerprint density at radius 3 is 2.31 bits per heavy atom. The first-order valence-corrected chi connectivity index (χ1v) is 14.4. The monoisotopic (exact) mass is 566 g/mol. The van der Waals surface area contributed by atoms with Crippen molar-refractivity contribution < 1.29 is 40.7 Å². The van der Waals surface area contributed by atoms with Crippen molar-refractivity contribution in [3.8, 4) is 17.2 Å². The molecule has 15 heteroatoms. The summed E-state index contributed by atoms with van der Waals surface area (Å²) in [5, 5.41) is 2.91. The number of hydroxylamine groups is 2. The average Bonchev–Trinajstić information content (AvgIpc) is 3.39. The molecule has 192 valence electrons. The number of methoxy groups -OCH3 is 3. The summed E-state index contributed by atoms with van der Waals surface area (Å²) in [6.07, 6.45) is 0.486. The lowest BCUT2D eigenvalue weighted by atomic mass is 10.1. The predicted octanol–water partition coefficient (Wildman–Crippen LogP) is 2.17. The van der Waals surface area contributed by atoms with Crippen molar-refractivity contribution >= 4 is 48.6 Å². The van der Waals surface area contributed by atoms with Gasteiger partial charge in [-0.2, -0.15) is 0 Å². The summed E-state index contributed by atoms with van der Waals surface area (Å²) in [5.41, 5.74) is 0.00820. The predicted molar refractivity (Wildman–Crippen MR) is 128 cm³/mol. The highest BCUT2D eigenvalue weighted by molar-refractivity contribution is 7.90. The van der Waals surface area contributed by atoms with E-state index in [1.807, 2.05) is 0 Å². The molecule has 0 bridgehead atoms. The van der Waals surface area contributed by atoms with Crippen molar-refractivity contribution in [2.45, 2.75) is 16.2 Å². The number of carbonyl (C=O) groups excluding carboxylic acids is 1. The van der Waals surface area contributed by atoms with Gasteiger partial charge in [-0.1, -0.05) is 11.6 Å². The van der Waals surface area contributed by atoms with E-state index in [0.29, 0.717) is 0 Å². The van der Waals surface area contributed by atoms with Crippen LogP contribution in [-0.2, 0) is 31.1 Å². The van der Waals surface area contributed by atoms with Crippen molar-refractivity contribution in [3.05, 3.63) is 38.9 Å². The fourth-order valence-corrected chi connectivity index (χ4v) is 7.05. The lowest BCUT2D eigenvalue weighted by molar-refractivity contribution is -0.0702. The number of nitrogens with zero attached hydrogens (tertiary/aromatic N) is 1. The number of nitrogens with one attached hydrogen (secondary N) is 1. The quantitative estimate of drug-likeness (QED) is 0.426. The van der Waals surface area contributed by atoms with Crippen LogP contribution < -0.4 is 18.9 Å². The first kappa shape index (κ1) is 27.1. The van der Waals surface area contributed by atoms with Gasteiger partial charge in [-0.05, 0) is 11.4 Å². The first-order chi connectivity index (χ1) is 16.3. The third-order valence-electron chi connectivity index (χ3n) is 4.88. The molecule has 0 unspecified atom stereocenters. The van der Waals surface area contributed by atoms with Crippen LogP contribution in [-0.4, -0.2) is 68.9 Å². The normalized spacial score (nSPS) is 14.6. The molecule has 0 saturated carbocycles. The zero-order valence-electron chi connectivity index (χ0n) is 19.4. The number of hydrogen-bond donors (Lipinski definition) is 1. The molecular weight excluding hydrogens is 544 g/mol. The number of likely N-dealkylation sites (N-methyl/N-ethyl adjacent to an activating group) is 1. The maximum Gasteiger partial charge on any atom is 0.265 e. The largest absolute Gasteiger partial charge is 0.493 e. The van der Waals surface area contributed by atoms with Gasteiger partial charge in [0.1, 0.15) is 4.90 Å². The molecule has 11 nitrogen and oxygen atoms in total. The second kappa shape index (κ2) is 10.2. The summed E-state index contributed by atoms with van der Waals surface area (Å²) in [4.78, 5) is 17.9. The Morgan fingerprint density at radius 1 is 1.14 bits per heavy atom. The fraction of sp³-hybridized carbons (Fsp3) is 0.350. The van der Waals surface area contributed by atoms with E-state index in [9.17, 15) is 21.6 Å². The summed E-state index contributed by atoms with van der Waals surface area (Å²) in [6.45, 7) is 0.183. The van der Waals surface area contributed by atoms with Crippen molar-refractivity contribution in [3.63, 3.8) is 0 Å². The summed E-state index contributed by atoms with van der Waals surface area (Å²) < 4.78 is 69.2. The second-order valence-electron chi connectivity index (χ2n) is 7.32. The molecule has 0 atom stereocenters. The molecule has 35 heavy (non-hydrogen) atoms. The molecule has 2 heterocycles. The number of ketones is 1. The molecule has 2 aromatic rings. The van der Waals surface area contributed by atoms with E-state index in [2.05, 4.69) is 4.72 Å². The van der Waals surface area contributed by atoms with Crippen LogP contribution in [0.25, 0.3) is 0 Å². The van der Waals surface area contributed by atoms with Crippen molar-refractivity contribution in [1.82, 2.24) is 9.79 Å². The number of thiophene rings is 1. The van der Waals surface area contributed by atoms with Gasteiger partial charge in [0.05, 0.1) is 42.7 Å². The highest BCUT2D eigenvalue weighted by Gasteiger charge is 2.32. The molecule has 0 amide bonds. The van der Waals surface area contributed by atoms with Crippen LogP contribution in [0.5, 0.6) is 17.2 Å². The van der Waals surface area contributed by atoms with Crippen LogP contribution in [0.1, 0.15) is 15.2 Å². The minimum Gasteiger partial charge on any atom is -0.493 e. The van der Waals surface area contributed by atoms with Crippen molar-refractivity contribution in [1.29, 1.82) is 0 Å². The highest BCUT2D eigenvalue weighted by Crippen LogP contribution is 2.44. The summed E-state index contributed by atoms with van der Waals surface area (Å²) in [6, 6.07) is 2.49. The number of carbonyl (C=O) groups is 1. The number of hydrogen-bond acceptors (Lipinski definition) is 11. The Labute approximate surface area is 212 Å². The number of sulfone groups is 1. The Morgan fingerprint density at radius 2 is 1.80 bits per heavy atom. The fourth-order valence-electron chi connectivity index (χ4n) is 3.40. The SMILES string of the molecule is COc1cc(S(C)(=O)=O)c(CC(=O)c2sccc2S(=O)(=O)NC2=C(Cl)CN(C)O2)c(OC)c1OC. The topological polar surface area (TPSA) is 138 Å². The van der Waals surface area contributed by atoms with Crippen LogP contribution in [0.15, 0.2) is 38.2 Å². The van der Waals surface area contributed by atoms with E-state index in [0.717, 1.165) is 17.6 Å². The van der Waals surface area contributed by atoms with E-state index < -0.39 is 32.1 Å². The number of halogens is 1. The number of ether oxygens (including phenoxy) is 3. The number of rotatable bonds is 10. The molecule has 0 spiro atoms. The maximum atomic E-state index is 13.3. The molecular formula is C20H23ClN2O9S3. The van der Waals surface area contributed by atoms with Crippen LogP contribution in [0.3, 0.4) is 0 Å². The number of sulfonamides is 1. The van der Waals surface area contributed by atoms with Gasteiger partial charge in [0.25, 0.3) is 10.0 Å². The minimum atomic E-state index is -4.25. The van der Waals surface area contributed by atoms with E-state index in [1.54, 1.807) is 7.05 Å². The summed E-state index contributed by atoms with van der Waals surface area (Å²) in [7, 11) is -2.56. The first-order valence-electron chi connectivity index (χ1n) is 9.77. The van der Waals surface area contributed by atoms with Gasteiger partial charge in [0.2, 0.25) is 11.6 Å². The van der Waals surface area contributed by atoms with E-state index in [4.69, 9.17) is 30.6 Å². The zero-order chi connectivity index (χ0) is 26.1.